The summed E-state index contributed by atoms with van der Waals surface area (Å²) in [5.41, 5.74) is 1.27. The quantitative estimate of drug-likeness (QED) is 0.749. The first-order chi connectivity index (χ1) is 9.16. The summed E-state index contributed by atoms with van der Waals surface area (Å²) in [4.78, 5) is 28.7. The van der Waals surface area contributed by atoms with E-state index in [1.807, 2.05) is 12.1 Å². The second kappa shape index (κ2) is 4.38. The minimum atomic E-state index is -0.423. The molecule has 6 heteroatoms. The zero-order valence-electron chi connectivity index (χ0n) is 10.1. The van der Waals surface area contributed by atoms with Gasteiger partial charge in [-0.15, -0.1) is 0 Å². The zero-order chi connectivity index (χ0) is 13.4. The van der Waals surface area contributed by atoms with Crippen molar-refractivity contribution in [3.05, 3.63) is 30.6 Å². The maximum absolute atomic E-state index is 11.9. The van der Waals surface area contributed by atoms with E-state index in [0.717, 1.165) is 10.8 Å². The molecule has 2 heterocycles. The Morgan fingerprint density at radius 3 is 2.84 bits per heavy atom. The second-order valence-electron chi connectivity index (χ2n) is 4.36. The first-order valence-corrected chi connectivity index (χ1v) is 5.90. The molecule has 1 aliphatic heterocycles. The number of urea groups is 1. The SMILES string of the molecule is [B]c1cccc2c(N3CCC(=O)NC3=O)cncc12. The van der Waals surface area contributed by atoms with Crippen LogP contribution in [-0.2, 0) is 4.79 Å². The van der Waals surface area contributed by atoms with Crippen LogP contribution in [0.25, 0.3) is 10.8 Å². The van der Waals surface area contributed by atoms with E-state index in [9.17, 15) is 9.59 Å². The van der Waals surface area contributed by atoms with Gasteiger partial charge < -0.3 is 0 Å². The van der Waals surface area contributed by atoms with E-state index in [4.69, 9.17) is 7.85 Å². The van der Waals surface area contributed by atoms with Crippen molar-refractivity contribution in [1.82, 2.24) is 10.3 Å². The van der Waals surface area contributed by atoms with Crippen molar-refractivity contribution in [1.29, 1.82) is 0 Å². The molecule has 1 aromatic heterocycles. The highest BCUT2D eigenvalue weighted by molar-refractivity contribution is 6.39. The topological polar surface area (TPSA) is 62.3 Å². The average molecular weight is 251 g/mol. The monoisotopic (exact) mass is 251 g/mol. The molecule has 1 fully saturated rings. The number of anilines is 1. The lowest BCUT2D eigenvalue weighted by Gasteiger charge is -2.27. The fourth-order valence-electron chi connectivity index (χ4n) is 2.21. The second-order valence-corrected chi connectivity index (χ2v) is 4.36. The van der Waals surface area contributed by atoms with Crippen LogP contribution in [0.4, 0.5) is 10.5 Å². The number of benzene rings is 1. The average Bonchev–Trinajstić information content (AvgIpc) is 2.39. The van der Waals surface area contributed by atoms with Crippen LogP contribution in [-0.4, -0.2) is 31.3 Å². The number of hydrogen-bond donors (Lipinski definition) is 1. The molecule has 3 rings (SSSR count). The molecule has 3 amide bonds. The van der Waals surface area contributed by atoms with Crippen molar-refractivity contribution in [2.24, 2.45) is 0 Å². The van der Waals surface area contributed by atoms with Gasteiger partial charge >= 0.3 is 6.03 Å². The van der Waals surface area contributed by atoms with Crippen LogP contribution < -0.4 is 15.7 Å². The summed E-state index contributed by atoms with van der Waals surface area (Å²) in [5, 5.41) is 3.94. The number of aromatic nitrogens is 1. The number of amides is 3. The van der Waals surface area contributed by atoms with Crippen LogP contribution >= 0.6 is 0 Å². The van der Waals surface area contributed by atoms with Gasteiger partial charge in [-0.3, -0.25) is 20.0 Å². The first kappa shape index (κ1) is 11.7. The van der Waals surface area contributed by atoms with Crippen molar-refractivity contribution in [2.75, 3.05) is 11.4 Å². The van der Waals surface area contributed by atoms with Gasteiger partial charge in [-0.1, -0.05) is 23.7 Å². The van der Waals surface area contributed by atoms with Crippen molar-refractivity contribution < 1.29 is 9.59 Å². The summed E-state index contributed by atoms with van der Waals surface area (Å²) in [6, 6.07) is 5.07. The smallest absolute Gasteiger partial charge is 0.291 e. The lowest BCUT2D eigenvalue weighted by atomic mass is 9.91. The van der Waals surface area contributed by atoms with Gasteiger partial charge in [0.15, 0.2) is 0 Å². The number of carbonyl (C=O) groups is 2. The number of nitrogens with zero attached hydrogens (tertiary/aromatic N) is 2. The molecule has 2 radical (unpaired) electrons. The molecular weight excluding hydrogens is 241 g/mol. The summed E-state index contributed by atoms with van der Waals surface area (Å²) in [7, 11) is 5.90. The molecule has 1 saturated heterocycles. The Labute approximate surface area is 111 Å². The third-order valence-electron chi connectivity index (χ3n) is 3.16. The molecule has 1 N–H and O–H groups in total. The van der Waals surface area contributed by atoms with Crippen LogP contribution in [0.15, 0.2) is 30.6 Å². The van der Waals surface area contributed by atoms with Crippen LogP contribution in [0.3, 0.4) is 0 Å². The van der Waals surface area contributed by atoms with E-state index in [1.165, 1.54) is 4.90 Å². The number of carbonyl (C=O) groups excluding carboxylic acids is 2. The van der Waals surface area contributed by atoms with E-state index in [0.29, 0.717) is 17.7 Å². The first-order valence-electron chi connectivity index (χ1n) is 5.90. The third kappa shape index (κ3) is 1.95. The van der Waals surface area contributed by atoms with Gasteiger partial charge in [0.2, 0.25) is 5.91 Å². The van der Waals surface area contributed by atoms with Gasteiger partial charge in [0.05, 0.1) is 11.9 Å². The fraction of sp³-hybridized carbons (Fsp3) is 0.154. The van der Waals surface area contributed by atoms with Crippen LogP contribution in [0.1, 0.15) is 6.42 Å². The minimum Gasteiger partial charge on any atom is -0.291 e. The molecule has 0 aliphatic carbocycles. The van der Waals surface area contributed by atoms with Gasteiger partial charge in [0, 0.05) is 24.5 Å². The minimum absolute atomic E-state index is 0.256. The molecule has 0 saturated carbocycles. The molecule has 0 atom stereocenters. The summed E-state index contributed by atoms with van der Waals surface area (Å²) >= 11 is 0. The fourth-order valence-corrected chi connectivity index (χ4v) is 2.21. The molecule has 1 aliphatic rings. The van der Waals surface area contributed by atoms with Crippen molar-refractivity contribution in [3.63, 3.8) is 0 Å². The van der Waals surface area contributed by atoms with Gasteiger partial charge in [0.25, 0.3) is 0 Å². The normalized spacial score (nSPS) is 15.7. The molecule has 92 valence electrons. The Bertz CT molecular complexity index is 687. The number of pyridine rings is 1. The zero-order valence-corrected chi connectivity index (χ0v) is 10.1. The Hall–Kier alpha value is -2.37. The van der Waals surface area contributed by atoms with E-state index in [2.05, 4.69) is 10.3 Å². The van der Waals surface area contributed by atoms with E-state index >= 15 is 0 Å². The molecule has 19 heavy (non-hydrogen) atoms. The number of fused-ring (bicyclic) bond motifs is 1. The predicted octanol–water partition coefficient (Wildman–Crippen LogP) is 0.475. The summed E-state index contributed by atoms with van der Waals surface area (Å²) < 4.78 is 0. The predicted molar refractivity (Wildman–Crippen MR) is 72.6 cm³/mol. The van der Waals surface area contributed by atoms with Gasteiger partial charge in [-0.05, 0) is 5.39 Å². The molecule has 1 aromatic carbocycles. The Balaban J connectivity index is 2.13. The van der Waals surface area contributed by atoms with Crippen molar-refractivity contribution >= 4 is 41.7 Å². The standard InChI is InChI=1S/C13H10BN3O2/c14-10-3-1-2-8-9(10)6-15-7-11(8)17-5-4-12(18)16-13(17)19/h1-3,6-7H,4-5H2,(H,16,18,19). The van der Waals surface area contributed by atoms with Crippen LogP contribution in [0.5, 0.6) is 0 Å². The van der Waals surface area contributed by atoms with E-state index in [-0.39, 0.29) is 12.3 Å². The van der Waals surface area contributed by atoms with Gasteiger partial charge in [0.1, 0.15) is 7.85 Å². The van der Waals surface area contributed by atoms with Crippen molar-refractivity contribution in [3.8, 4) is 0 Å². The van der Waals surface area contributed by atoms with Gasteiger partial charge in [-0.2, -0.15) is 0 Å². The largest absolute Gasteiger partial charge is 0.328 e. The van der Waals surface area contributed by atoms with Crippen molar-refractivity contribution in [2.45, 2.75) is 6.42 Å². The summed E-state index contributed by atoms with van der Waals surface area (Å²) in [5.74, 6) is -0.256. The van der Waals surface area contributed by atoms with Crippen LogP contribution in [0.2, 0.25) is 0 Å². The molecule has 0 bridgehead atoms. The lowest BCUT2D eigenvalue weighted by molar-refractivity contribution is -0.120. The number of imide groups is 1. The van der Waals surface area contributed by atoms with E-state index in [1.54, 1.807) is 18.5 Å². The molecule has 0 spiro atoms. The Morgan fingerprint density at radius 2 is 2.05 bits per heavy atom. The van der Waals surface area contributed by atoms with Crippen LogP contribution in [0, 0.1) is 0 Å². The number of nitrogens with one attached hydrogen (secondary N) is 1. The maximum Gasteiger partial charge on any atom is 0.328 e. The van der Waals surface area contributed by atoms with Gasteiger partial charge in [-0.25, -0.2) is 4.79 Å². The van der Waals surface area contributed by atoms with E-state index < -0.39 is 6.03 Å². The molecular formula is C13H10BN3O2. The summed E-state index contributed by atoms with van der Waals surface area (Å²) in [6.07, 6.45) is 3.56. The summed E-state index contributed by atoms with van der Waals surface area (Å²) in [6.45, 7) is 0.347. The highest BCUT2D eigenvalue weighted by Crippen LogP contribution is 2.25. The number of rotatable bonds is 1. The lowest BCUT2D eigenvalue weighted by Crippen LogP contribution is -2.49. The maximum atomic E-state index is 11.9. The molecule has 5 nitrogen and oxygen atoms in total. The highest BCUT2D eigenvalue weighted by atomic mass is 16.2. The molecule has 2 aromatic rings. The Morgan fingerprint density at radius 1 is 1.21 bits per heavy atom. The number of hydrogen-bond acceptors (Lipinski definition) is 3. The molecule has 0 unspecified atom stereocenters. The Kier molecular flexibility index (Phi) is 2.70. The highest BCUT2D eigenvalue weighted by Gasteiger charge is 2.25. The third-order valence-corrected chi connectivity index (χ3v) is 3.16.